The zero-order valence-electron chi connectivity index (χ0n) is 16.7. The summed E-state index contributed by atoms with van der Waals surface area (Å²) in [6.07, 6.45) is 0.462. The molecule has 0 aromatic heterocycles. The van der Waals surface area contributed by atoms with Crippen LogP contribution in [0.2, 0.25) is 0 Å². The molecular formula is C21H24O7. The Morgan fingerprint density at radius 1 is 0.857 bits per heavy atom. The quantitative estimate of drug-likeness (QED) is 0.721. The van der Waals surface area contributed by atoms with E-state index in [-0.39, 0.29) is 18.3 Å². The van der Waals surface area contributed by atoms with Crippen molar-refractivity contribution >= 4 is 5.78 Å². The Balaban J connectivity index is 1.93. The lowest BCUT2D eigenvalue weighted by Gasteiger charge is -2.26. The molecule has 0 N–H and O–H groups in total. The van der Waals surface area contributed by atoms with Gasteiger partial charge in [0.25, 0.3) is 0 Å². The van der Waals surface area contributed by atoms with Crippen molar-refractivity contribution in [2.75, 3.05) is 42.2 Å². The molecule has 1 aliphatic rings. The van der Waals surface area contributed by atoms with Crippen LogP contribution in [0.1, 0.15) is 15.9 Å². The molecule has 1 aliphatic heterocycles. The molecule has 150 valence electrons. The fraction of sp³-hybridized carbons (Fsp3) is 0.381. The summed E-state index contributed by atoms with van der Waals surface area (Å²) in [5.74, 6) is 2.70. The molecule has 1 heterocycles. The van der Waals surface area contributed by atoms with Crippen molar-refractivity contribution in [3.8, 4) is 34.5 Å². The van der Waals surface area contributed by atoms with Gasteiger partial charge in [0.2, 0.25) is 5.75 Å². The highest BCUT2D eigenvalue weighted by molar-refractivity contribution is 6.04. The van der Waals surface area contributed by atoms with E-state index in [0.29, 0.717) is 46.5 Å². The van der Waals surface area contributed by atoms with Crippen LogP contribution in [0.4, 0.5) is 0 Å². The van der Waals surface area contributed by atoms with Crippen molar-refractivity contribution in [3.63, 3.8) is 0 Å². The Morgan fingerprint density at radius 3 is 2.04 bits per heavy atom. The molecule has 0 radical (unpaired) electrons. The van der Waals surface area contributed by atoms with Gasteiger partial charge < -0.3 is 28.4 Å². The van der Waals surface area contributed by atoms with Gasteiger partial charge in [-0.1, -0.05) is 0 Å². The first-order chi connectivity index (χ1) is 13.6. The monoisotopic (exact) mass is 388 g/mol. The van der Waals surface area contributed by atoms with E-state index in [1.807, 2.05) is 12.1 Å². The van der Waals surface area contributed by atoms with E-state index in [9.17, 15) is 4.79 Å². The predicted molar refractivity (Wildman–Crippen MR) is 103 cm³/mol. The third-order valence-corrected chi connectivity index (χ3v) is 4.76. The molecule has 0 amide bonds. The largest absolute Gasteiger partial charge is 0.496 e. The summed E-state index contributed by atoms with van der Waals surface area (Å²) in [5, 5.41) is 0. The standard InChI is InChI=1S/C21H24O7/c1-23-14-9-15(24-2)19-16(10-14)28-11-13(20(19)22)6-12-7-17(25-3)21(27-5)18(8-12)26-4/h7-10,13H,6,11H2,1-5H3. The van der Waals surface area contributed by atoms with Gasteiger partial charge in [-0.2, -0.15) is 0 Å². The van der Waals surface area contributed by atoms with E-state index in [4.69, 9.17) is 28.4 Å². The maximum Gasteiger partial charge on any atom is 0.203 e. The second kappa shape index (κ2) is 8.29. The van der Waals surface area contributed by atoms with E-state index in [2.05, 4.69) is 0 Å². The molecule has 0 spiro atoms. The Bertz CT molecular complexity index is 833. The highest BCUT2D eigenvalue weighted by Gasteiger charge is 2.33. The first kappa shape index (κ1) is 19.7. The molecule has 0 bridgehead atoms. The van der Waals surface area contributed by atoms with Crippen molar-refractivity contribution in [2.45, 2.75) is 6.42 Å². The van der Waals surface area contributed by atoms with Crippen LogP contribution in [0, 0.1) is 5.92 Å². The van der Waals surface area contributed by atoms with Gasteiger partial charge in [0, 0.05) is 12.1 Å². The number of carbonyl (C=O) groups excluding carboxylic acids is 1. The van der Waals surface area contributed by atoms with Gasteiger partial charge in [0.05, 0.1) is 48.1 Å². The highest BCUT2D eigenvalue weighted by atomic mass is 16.5. The van der Waals surface area contributed by atoms with Crippen LogP contribution in [0.3, 0.4) is 0 Å². The summed E-state index contributed by atoms with van der Waals surface area (Å²) < 4.78 is 32.6. The van der Waals surface area contributed by atoms with Crippen LogP contribution < -0.4 is 28.4 Å². The summed E-state index contributed by atoms with van der Waals surface area (Å²) in [7, 11) is 7.75. The molecule has 2 aromatic rings. The van der Waals surface area contributed by atoms with Gasteiger partial charge in [-0.3, -0.25) is 4.79 Å². The molecule has 3 rings (SSSR count). The molecule has 7 nitrogen and oxygen atoms in total. The Hall–Kier alpha value is -3.09. The molecule has 0 saturated carbocycles. The lowest BCUT2D eigenvalue weighted by atomic mass is 9.89. The fourth-order valence-electron chi connectivity index (χ4n) is 3.36. The summed E-state index contributed by atoms with van der Waals surface area (Å²) >= 11 is 0. The van der Waals surface area contributed by atoms with Gasteiger partial charge in [-0.15, -0.1) is 0 Å². The lowest BCUT2D eigenvalue weighted by molar-refractivity contribution is 0.0825. The molecule has 2 aromatic carbocycles. The van der Waals surface area contributed by atoms with Crippen molar-refractivity contribution in [2.24, 2.45) is 5.92 Å². The van der Waals surface area contributed by atoms with E-state index in [0.717, 1.165) is 5.56 Å². The number of ether oxygens (including phenoxy) is 6. The van der Waals surface area contributed by atoms with Crippen LogP contribution >= 0.6 is 0 Å². The van der Waals surface area contributed by atoms with Gasteiger partial charge in [-0.05, 0) is 24.1 Å². The zero-order valence-corrected chi connectivity index (χ0v) is 16.7. The first-order valence-corrected chi connectivity index (χ1v) is 8.78. The maximum atomic E-state index is 13.1. The predicted octanol–water partition coefficient (Wildman–Crippen LogP) is 3.16. The van der Waals surface area contributed by atoms with Crippen molar-refractivity contribution in [3.05, 3.63) is 35.4 Å². The number of carbonyl (C=O) groups is 1. The minimum Gasteiger partial charge on any atom is -0.496 e. The number of rotatable bonds is 7. The summed E-state index contributed by atoms with van der Waals surface area (Å²) in [6, 6.07) is 7.07. The summed E-state index contributed by atoms with van der Waals surface area (Å²) in [6.45, 7) is 0.263. The molecule has 1 atom stereocenters. The number of ketones is 1. The fourth-order valence-corrected chi connectivity index (χ4v) is 3.36. The minimum atomic E-state index is -0.363. The number of fused-ring (bicyclic) bond motifs is 1. The normalized spacial score (nSPS) is 15.3. The zero-order chi connectivity index (χ0) is 20.3. The van der Waals surface area contributed by atoms with Crippen LogP contribution in [-0.4, -0.2) is 47.9 Å². The summed E-state index contributed by atoms with van der Waals surface area (Å²) in [5.41, 5.74) is 1.32. The Kier molecular flexibility index (Phi) is 5.82. The van der Waals surface area contributed by atoms with Crippen LogP contribution in [-0.2, 0) is 6.42 Å². The number of hydrogen-bond acceptors (Lipinski definition) is 7. The molecule has 0 saturated heterocycles. The third kappa shape index (κ3) is 3.52. The number of methoxy groups -OCH3 is 5. The van der Waals surface area contributed by atoms with Gasteiger partial charge >= 0.3 is 0 Å². The molecule has 7 heteroatoms. The third-order valence-electron chi connectivity index (χ3n) is 4.76. The Morgan fingerprint density at radius 2 is 1.50 bits per heavy atom. The number of Topliss-reactive ketones (excluding diaryl/α,β-unsaturated/α-hetero) is 1. The number of benzene rings is 2. The summed E-state index contributed by atoms with van der Waals surface area (Å²) in [4.78, 5) is 13.1. The molecule has 1 unspecified atom stereocenters. The second-order valence-electron chi connectivity index (χ2n) is 6.31. The maximum absolute atomic E-state index is 13.1. The molecule has 0 fully saturated rings. The number of hydrogen-bond donors (Lipinski definition) is 0. The topological polar surface area (TPSA) is 72.5 Å². The first-order valence-electron chi connectivity index (χ1n) is 8.78. The average molecular weight is 388 g/mol. The smallest absolute Gasteiger partial charge is 0.203 e. The van der Waals surface area contributed by atoms with Crippen LogP contribution in [0.15, 0.2) is 24.3 Å². The lowest BCUT2D eigenvalue weighted by Crippen LogP contribution is -2.30. The molecule has 28 heavy (non-hydrogen) atoms. The van der Waals surface area contributed by atoms with Crippen molar-refractivity contribution < 1.29 is 33.2 Å². The molecular weight excluding hydrogens is 364 g/mol. The Labute approximate surface area is 164 Å². The second-order valence-corrected chi connectivity index (χ2v) is 6.31. The highest BCUT2D eigenvalue weighted by Crippen LogP contribution is 2.41. The molecule has 0 aliphatic carbocycles. The van der Waals surface area contributed by atoms with E-state index in [1.54, 1.807) is 40.6 Å². The van der Waals surface area contributed by atoms with Gasteiger partial charge in [0.1, 0.15) is 22.8 Å². The van der Waals surface area contributed by atoms with Gasteiger partial charge in [0.15, 0.2) is 17.3 Å². The van der Waals surface area contributed by atoms with E-state index >= 15 is 0 Å². The minimum absolute atomic E-state index is 0.0329. The van der Waals surface area contributed by atoms with Crippen LogP contribution in [0.5, 0.6) is 34.5 Å². The van der Waals surface area contributed by atoms with Gasteiger partial charge in [-0.25, -0.2) is 0 Å². The van der Waals surface area contributed by atoms with E-state index in [1.165, 1.54) is 7.11 Å². The van der Waals surface area contributed by atoms with Crippen LogP contribution in [0.25, 0.3) is 0 Å². The van der Waals surface area contributed by atoms with Crippen molar-refractivity contribution in [1.29, 1.82) is 0 Å². The average Bonchev–Trinajstić information content (AvgIpc) is 2.73. The van der Waals surface area contributed by atoms with Crippen molar-refractivity contribution in [1.82, 2.24) is 0 Å². The van der Waals surface area contributed by atoms with E-state index < -0.39 is 0 Å². The SMILES string of the molecule is COc1cc(OC)c2c(c1)OCC(Cc1cc(OC)c(OC)c(OC)c1)C2=O.